The maximum Gasteiger partial charge on any atom is 0.0571 e. The summed E-state index contributed by atoms with van der Waals surface area (Å²) in [7, 11) is 0. The molecule has 1 aromatic rings. The first-order valence-electron chi connectivity index (χ1n) is 5.06. The molecule has 1 aromatic carbocycles. The van der Waals surface area contributed by atoms with Crippen LogP contribution in [0.1, 0.15) is 31.2 Å². The van der Waals surface area contributed by atoms with E-state index in [0.717, 1.165) is 6.42 Å². The van der Waals surface area contributed by atoms with E-state index in [0.29, 0.717) is 11.8 Å². The third-order valence-corrected chi connectivity index (χ3v) is 2.98. The zero-order chi connectivity index (χ0) is 9.26. The van der Waals surface area contributed by atoms with Gasteiger partial charge in [0, 0.05) is 0 Å². The first-order chi connectivity index (χ1) is 6.33. The first kappa shape index (κ1) is 8.76. The van der Waals surface area contributed by atoms with Gasteiger partial charge < -0.3 is 5.11 Å². The first-order valence-corrected chi connectivity index (χ1v) is 5.06. The SMILES string of the molecule is CCC(O)[C@H]1C[C@@H]1c1ccccc1. The maximum atomic E-state index is 9.63. The highest BCUT2D eigenvalue weighted by Gasteiger charge is 2.42. The van der Waals surface area contributed by atoms with Gasteiger partial charge in [-0.2, -0.15) is 0 Å². The molecular formula is C12H16O. The minimum atomic E-state index is -0.0924. The van der Waals surface area contributed by atoms with E-state index in [1.807, 2.05) is 13.0 Å². The zero-order valence-electron chi connectivity index (χ0n) is 7.98. The molecule has 1 fully saturated rings. The summed E-state index contributed by atoms with van der Waals surface area (Å²) in [5.41, 5.74) is 1.39. The fraction of sp³-hybridized carbons (Fsp3) is 0.500. The summed E-state index contributed by atoms with van der Waals surface area (Å²) in [6.45, 7) is 2.05. The van der Waals surface area contributed by atoms with Crippen molar-refractivity contribution in [2.45, 2.75) is 31.8 Å². The van der Waals surface area contributed by atoms with Gasteiger partial charge in [-0.3, -0.25) is 0 Å². The highest BCUT2D eigenvalue weighted by atomic mass is 16.3. The normalized spacial score (nSPS) is 28.5. The largest absolute Gasteiger partial charge is 0.393 e. The van der Waals surface area contributed by atoms with E-state index in [-0.39, 0.29) is 6.10 Å². The Labute approximate surface area is 79.4 Å². The minimum absolute atomic E-state index is 0.0924. The lowest BCUT2D eigenvalue weighted by atomic mass is 10.1. The molecule has 1 N–H and O–H groups in total. The third kappa shape index (κ3) is 1.75. The second-order valence-electron chi connectivity index (χ2n) is 3.89. The topological polar surface area (TPSA) is 20.2 Å². The molecule has 1 aliphatic carbocycles. The van der Waals surface area contributed by atoms with Crippen LogP contribution in [0.4, 0.5) is 0 Å². The highest BCUT2D eigenvalue weighted by Crippen LogP contribution is 2.49. The molecule has 0 heterocycles. The van der Waals surface area contributed by atoms with Crippen LogP contribution in [-0.2, 0) is 0 Å². The van der Waals surface area contributed by atoms with Crippen LogP contribution in [0.5, 0.6) is 0 Å². The second kappa shape index (κ2) is 3.51. The number of hydrogen-bond acceptors (Lipinski definition) is 1. The highest BCUT2D eigenvalue weighted by molar-refractivity contribution is 5.26. The Bertz CT molecular complexity index is 268. The quantitative estimate of drug-likeness (QED) is 0.750. The van der Waals surface area contributed by atoms with Crippen LogP contribution < -0.4 is 0 Å². The van der Waals surface area contributed by atoms with E-state index in [4.69, 9.17) is 0 Å². The molecule has 13 heavy (non-hydrogen) atoms. The van der Waals surface area contributed by atoms with Gasteiger partial charge in [0.15, 0.2) is 0 Å². The van der Waals surface area contributed by atoms with Crippen molar-refractivity contribution in [1.29, 1.82) is 0 Å². The minimum Gasteiger partial charge on any atom is -0.393 e. The average Bonchev–Trinajstić information content (AvgIpc) is 2.98. The van der Waals surface area contributed by atoms with E-state index >= 15 is 0 Å². The van der Waals surface area contributed by atoms with E-state index in [2.05, 4.69) is 24.3 Å². The van der Waals surface area contributed by atoms with Crippen LogP contribution in [0.25, 0.3) is 0 Å². The van der Waals surface area contributed by atoms with Crippen LogP contribution in [0, 0.1) is 5.92 Å². The molecule has 1 heteroatoms. The van der Waals surface area contributed by atoms with E-state index in [9.17, 15) is 5.11 Å². The predicted octanol–water partition coefficient (Wildman–Crippen LogP) is 2.56. The molecular weight excluding hydrogens is 160 g/mol. The summed E-state index contributed by atoms with van der Waals surface area (Å²) in [5.74, 6) is 1.14. The third-order valence-electron chi connectivity index (χ3n) is 2.98. The fourth-order valence-electron chi connectivity index (χ4n) is 2.03. The van der Waals surface area contributed by atoms with Gasteiger partial charge in [0.2, 0.25) is 0 Å². The standard InChI is InChI=1S/C12H16O/c1-2-12(13)11-8-10(11)9-6-4-3-5-7-9/h3-7,10-13H,2,8H2,1H3/t10-,11+,12?/m1/s1. The smallest absolute Gasteiger partial charge is 0.0571 e. The van der Waals surface area contributed by atoms with Gasteiger partial charge in [-0.05, 0) is 30.2 Å². The lowest BCUT2D eigenvalue weighted by molar-refractivity contribution is 0.145. The molecule has 0 bridgehead atoms. The molecule has 0 radical (unpaired) electrons. The van der Waals surface area contributed by atoms with Crippen LogP contribution in [0.15, 0.2) is 30.3 Å². The molecule has 1 saturated carbocycles. The van der Waals surface area contributed by atoms with Crippen LogP contribution in [0.3, 0.4) is 0 Å². The predicted molar refractivity (Wildman–Crippen MR) is 53.6 cm³/mol. The van der Waals surface area contributed by atoms with Crippen LogP contribution >= 0.6 is 0 Å². The summed E-state index contributed by atoms with van der Waals surface area (Å²) >= 11 is 0. The van der Waals surface area contributed by atoms with Gasteiger partial charge in [0.05, 0.1) is 6.10 Å². The number of hydrogen-bond donors (Lipinski definition) is 1. The van der Waals surface area contributed by atoms with Crippen molar-refractivity contribution in [3.8, 4) is 0 Å². The van der Waals surface area contributed by atoms with Crippen LogP contribution in [-0.4, -0.2) is 11.2 Å². The summed E-state index contributed by atoms with van der Waals surface area (Å²) in [6, 6.07) is 10.5. The fourth-order valence-corrected chi connectivity index (χ4v) is 2.03. The van der Waals surface area contributed by atoms with Gasteiger partial charge in [0.1, 0.15) is 0 Å². The summed E-state index contributed by atoms with van der Waals surface area (Å²) < 4.78 is 0. The monoisotopic (exact) mass is 176 g/mol. The zero-order valence-corrected chi connectivity index (χ0v) is 7.98. The summed E-state index contributed by atoms with van der Waals surface area (Å²) in [4.78, 5) is 0. The second-order valence-corrected chi connectivity index (χ2v) is 3.89. The van der Waals surface area contributed by atoms with Crippen LogP contribution in [0.2, 0.25) is 0 Å². The molecule has 1 aliphatic rings. The summed E-state index contributed by atoms with van der Waals surface area (Å²) in [6.07, 6.45) is 1.96. The lowest BCUT2D eigenvalue weighted by Crippen LogP contribution is -2.07. The van der Waals surface area contributed by atoms with E-state index in [1.165, 1.54) is 12.0 Å². The lowest BCUT2D eigenvalue weighted by Gasteiger charge is -2.06. The molecule has 1 nitrogen and oxygen atoms in total. The molecule has 0 aromatic heterocycles. The van der Waals surface area contributed by atoms with Gasteiger partial charge >= 0.3 is 0 Å². The number of aliphatic hydroxyl groups is 1. The maximum absolute atomic E-state index is 9.63. The van der Waals surface area contributed by atoms with Crippen molar-refractivity contribution in [2.24, 2.45) is 5.92 Å². The molecule has 0 aliphatic heterocycles. The number of aliphatic hydroxyl groups excluding tert-OH is 1. The Morgan fingerprint density at radius 3 is 2.69 bits per heavy atom. The van der Waals surface area contributed by atoms with Crippen molar-refractivity contribution in [3.63, 3.8) is 0 Å². The van der Waals surface area contributed by atoms with Gasteiger partial charge in [0.25, 0.3) is 0 Å². The average molecular weight is 176 g/mol. The Morgan fingerprint density at radius 1 is 1.38 bits per heavy atom. The van der Waals surface area contributed by atoms with E-state index < -0.39 is 0 Å². The molecule has 1 unspecified atom stereocenters. The molecule has 3 atom stereocenters. The Hall–Kier alpha value is -0.820. The van der Waals surface area contributed by atoms with Gasteiger partial charge in [-0.1, -0.05) is 37.3 Å². The van der Waals surface area contributed by atoms with Gasteiger partial charge in [-0.25, -0.2) is 0 Å². The van der Waals surface area contributed by atoms with Crippen molar-refractivity contribution < 1.29 is 5.11 Å². The Morgan fingerprint density at radius 2 is 2.08 bits per heavy atom. The van der Waals surface area contributed by atoms with E-state index in [1.54, 1.807) is 0 Å². The Balaban J connectivity index is 2.00. The number of rotatable bonds is 3. The molecule has 0 spiro atoms. The number of benzene rings is 1. The molecule has 0 amide bonds. The van der Waals surface area contributed by atoms with Crippen molar-refractivity contribution in [1.82, 2.24) is 0 Å². The van der Waals surface area contributed by atoms with Crippen molar-refractivity contribution in [2.75, 3.05) is 0 Å². The van der Waals surface area contributed by atoms with Crippen molar-refractivity contribution >= 4 is 0 Å². The van der Waals surface area contributed by atoms with Crippen molar-refractivity contribution in [3.05, 3.63) is 35.9 Å². The Kier molecular flexibility index (Phi) is 2.36. The molecule has 2 rings (SSSR count). The van der Waals surface area contributed by atoms with Gasteiger partial charge in [-0.15, -0.1) is 0 Å². The molecule has 0 saturated heterocycles. The summed E-state index contributed by atoms with van der Waals surface area (Å²) in [5, 5.41) is 9.63. The molecule has 70 valence electrons.